The van der Waals surface area contributed by atoms with Gasteiger partial charge in [-0.2, -0.15) is 0 Å². The highest BCUT2D eigenvalue weighted by atomic mass is 16.7. The van der Waals surface area contributed by atoms with Gasteiger partial charge >= 0.3 is 0 Å². The van der Waals surface area contributed by atoms with Gasteiger partial charge in [0.15, 0.2) is 11.5 Å². The van der Waals surface area contributed by atoms with Crippen LogP contribution in [-0.2, 0) is 0 Å². The highest BCUT2D eigenvalue weighted by molar-refractivity contribution is 5.95. The number of carbonyl (C=O) groups is 1. The van der Waals surface area contributed by atoms with E-state index in [9.17, 15) is 4.79 Å². The second-order valence-corrected chi connectivity index (χ2v) is 5.54. The van der Waals surface area contributed by atoms with Crippen molar-refractivity contribution in [2.24, 2.45) is 0 Å². The number of benzene rings is 2. The van der Waals surface area contributed by atoms with Crippen LogP contribution in [0, 0.1) is 6.92 Å². The number of carbonyl (C=O) groups excluding carboxylic acids is 1. The van der Waals surface area contributed by atoms with E-state index >= 15 is 0 Å². The molecule has 0 spiro atoms. The average Bonchev–Trinajstić information content (AvgIpc) is 3.28. The summed E-state index contributed by atoms with van der Waals surface area (Å²) in [4.78, 5) is 12.7. The summed E-state index contributed by atoms with van der Waals surface area (Å²) in [6.45, 7) is 1.87. The predicted octanol–water partition coefficient (Wildman–Crippen LogP) is 2.63. The molecule has 1 atom stereocenters. The van der Waals surface area contributed by atoms with Crippen molar-refractivity contribution in [1.82, 2.24) is 15.5 Å². The SMILES string of the molecule is Cc1nnc(C(NC(=O)c2ccc3c(c2)OCO3)c2ccccc2)o1. The summed E-state index contributed by atoms with van der Waals surface area (Å²) >= 11 is 0. The second kappa shape index (κ2) is 6.27. The summed E-state index contributed by atoms with van der Waals surface area (Å²) < 4.78 is 16.1. The van der Waals surface area contributed by atoms with Crippen LogP contribution < -0.4 is 14.8 Å². The number of rotatable bonds is 4. The van der Waals surface area contributed by atoms with E-state index in [0.717, 1.165) is 5.56 Å². The monoisotopic (exact) mass is 337 g/mol. The molecule has 0 aliphatic carbocycles. The molecule has 0 bridgehead atoms. The zero-order valence-corrected chi connectivity index (χ0v) is 13.4. The quantitative estimate of drug-likeness (QED) is 0.787. The molecule has 1 aliphatic heterocycles. The molecular formula is C18H15N3O4. The van der Waals surface area contributed by atoms with Crippen molar-refractivity contribution in [2.45, 2.75) is 13.0 Å². The van der Waals surface area contributed by atoms with Crippen molar-refractivity contribution in [3.05, 3.63) is 71.4 Å². The van der Waals surface area contributed by atoms with Crippen LogP contribution in [0.3, 0.4) is 0 Å². The number of hydrogen-bond acceptors (Lipinski definition) is 6. The van der Waals surface area contributed by atoms with Gasteiger partial charge in [-0.15, -0.1) is 10.2 Å². The molecule has 1 amide bonds. The Bertz CT molecular complexity index is 908. The molecule has 25 heavy (non-hydrogen) atoms. The van der Waals surface area contributed by atoms with Crippen LogP contribution in [-0.4, -0.2) is 22.9 Å². The Labute approximate surface area is 143 Å². The number of fused-ring (bicyclic) bond motifs is 1. The van der Waals surface area contributed by atoms with Crippen molar-refractivity contribution in [2.75, 3.05) is 6.79 Å². The summed E-state index contributed by atoms with van der Waals surface area (Å²) in [5, 5.41) is 10.8. The molecule has 0 saturated carbocycles. The minimum atomic E-state index is -0.541. The summed E-state index contributed by atoms with van der Waals surface area (Å²) in [5.41, 5.74) is 1.31. The number of nitrogens with one attached hydrogen (secondary N) is 1. The summed E-state index contributed by atoms with van der Waals surface area (Å²) in [6, 6.07) is 14.0. The van der Waals surface area contributed by atoms with Gasteiger partial charge in [0, 0.05) is 12.5 Å². The Kier molecular flexibility index (Phi) is 3.81. The molecule has 4 rings (SSSR count). The Balaban J connectivity index is 1.63. The first kappa shape index (κ1) is 15.2. The van der Waals surface area contributed by atoms with Crippen LogP contribution in [0.25, 0.3) is 0 Å². The lowest BCUT2D eigenvalue weighted by molar-refractivity contribution is 0.0937. The van der Waals surface area contributed by atoms with Gasteiger partial charge in [-0.05, 0) is 23.8 Å². The minimum absolute atomic E-state index is 0.161. The molecule has 2 aromatic carbocycles. The Morgan fingerprint density at radius 3 is 2.64 bits per heavy atom. The van der Waals surface area contributed by atoms with E-state index in [1.807, 2.05) is 30.3 Å². The molecule has 126 valence electrons. The molecule has 1 unspecified atom stereocenters. The minimum Gasteiger partial charge on any atom is -0.454 e. The maximum Gasteiger partial charge on any atom is 0.252 e. The zero-order valence-electron chi connectivity index (χ0n) is 13.4. The van der Waals surface area contributed by atoms with Crippen LogP contribution in [0.5, 0.6) is 11.5 Å². The average molecular weight is 337 g/mol. The van der Waals surface area contributed by atoms with Crippen molar-refractivity contribution in [3.8, 4) is 11.5 Å². The standard InChI is InChI=1S/C18H15N3O4/c1-11-20-21-18(25-11)16(12-5-3-2-4-6-12)19-17(22)13-7-8-14-15(9-13)24-10-23-14/h2-9,16H,10H2,1H3,(H,19,22). The van der Waals surface area contributed by atoms with E-state index in [2.05, 4.69) is 15.5 Å². The van der Waals surface area contributed by atoms with E-state index in [1.54, 1.807) is 25.1 Å². The third kappa shape index (κ3) is 3.03. The topological polar surface area (TPSA) is 86.5 Å². The second-order valence-electron chi connectivity index (χ2n) is 5.54. The Morgan fingerprint density at radius 2 is 1.88 bits per heavy atom. The van der Waals surface area contributed by atoms with Crippen molar-refractivity contribution in [3.63, 3.8) is 0 Å². The van der Waals surface area contributed by atoms with Crippen molar-refractivity contribution in [1.29, 1.82) is 0 Å². The molecular weight excluding hydrogens is 322 g/mol. The van der Waals surface area contributed by atoms with Crippen LogP contribution in [0.4, 0.5) is 0 Å². The largest absolute Gasteiger partial charge is 0.454 e. The molecule has 0 radical (unpaired) electrons. The molecule has 7 heteroatoms. The number of ether oxygens (including phenoxy) is 2. The van der Waals surface area contributed by atoms with Gasteiger partial charge in [-0.25, -0.2) is 0 Å². The Hall–Kier alpha value is -3.35. The fraction of sp³-hybridized carbons (Fsp3) is 0.167. The summed E-state index contributed by atoms with van der Waals surface area (Å²) in [6.07, 6.45) is 0. The molecule has 0 saturated heterocycles. The number of hydrogen-bond donors (Lipinski definition) is 1. The van der Waals surface area contributed by atoms with E-state index in [1.165, 1.54) is 0 Å². The highest BCUT2D eigenvalue weighted by Crippen LogP contribution is 2.32. The first-order valence-corrected chi connectivity index (χ1v) is 7.76. The van der Waals surface area contributed by atoms with Crippen LogP contribution in [0.2, 0.25) is 0 Å². The summed E-state index contributed by atoms with van der Waals surface area (Å²) in [5.74, 6) is 1.68. The van der Waals surface area contributed by atoms with E-state index in [4.69, 9.17) is 13.9 Å². The van der Waals surface area contributed by atoms with E-state index in [-0.39, 0.29) is 12.7 Å². The van der Waals surface area contributed by atoms with Gasteiger partial charge in [0.05, 0.1) is 0 Å². The summed E-state index contributed by atoms with van der Waals surface area (Å²) in [7, 11) is 0. The normalized spacial score (nSPS) is 13.5. The molecule has 1 N–H and O–H groups in total. The molecule has 0 fully saturated rings. The molecule has 1 aliphatic rings. The van der Waals surface area contributed by atoms with Crippen molar-refractivity contribution >= 4 is 5.91 Å². The van der Waals surface area contributed by atoms with Gasteiger partial charge in [-0.1, -0.05) is 30.3 Å². The maximum absolute atomic E-state index is 12.7. The lowest BCUT2D eigenvalue weighted by atomic mass is 10.1. The highest BCUT2D eigenvalue weighted by Gasteiger charge is 2.24. The molecule has 2 heterocycles. The van der Waals surface area contributed by atoms with Gasteiger partial charge in [0.25, 0.3) is 5.91 Å². The van der Waals surface area contributed by atoms with Gasteiger partial charge in [-0.3, -0.25) is 4.79 Å². The molecule has 7 nitrogen and oxygen atoms in total. The fourth-order valence-electron chi connectivity index (χ4n) is 2.61. The molecule has 3 aromatic rings. The van der Waals surface area contributed by atoms with E-state index < -0.39 is 6.04 Å². The lowest BCUT2D eigenvalue weighted by Gasteiger charge is -2.16. The van der Waals surface area contributed by atoms with Gasteiger partial charge in [0.1, 0.15) is 6.04 Å². The number of aryl methyl sites for hydroxylation is 1. The van der Waals surface area contributed by atoms with E-state index in [0.29, 0.717) is 28.8 Å². The maximum atomic E-state index is 12.7. The fourth-order valence-corrected chi connectivity index (χ4v) is 2.61. The van der Waals surface area contributed by atoms with Crippen LogP contribution in [0.15, 0.2) is 52.9 Å². The van der Waals surface area contributed by atoms with Crippen molar-refractivity contribution < 1.29 is 18.7 Å². The Morgan fingerprint density at radius 1 is 1.08 bits per heavy atom. The smallest absolute Gasteiger partial charge is 0.252 e. The third-order valence-electron chi connectivity index (χ3n) is 3.83. The van der Waals surface area contributed by atoms with Crippen LogP contribution >= 0.6 is 0 Å². The number of aromatic nitrogens is 2. The third-order valence-corrected chi connectivity index (χ3v) is 3.83. The molecule has 1 aromatic heterocycles. The zero-order chi connectivity index (χ0) is 17.2. The number of amides is 1. The predicted molar refractivity (Wildman–Crippen MR) is 87.4 cm³/mol. The van der Waals surface area contributed by atoms with Crippen LogP contribution in [0.1, 0.15) is 33.7 Å². The lowest BCUT2D eigenvalue weighted by Crippen LogP contribution is -2.29. The van der Waals surface area contributed by atoms with Gasteiger partial charge < -0.3 is 19.2 Å². The first-order valence-electron chi connectivity index (χ1n) is 7.76. The number of nitrogens with zero attached hydrogens (tertiary/aromatic N) is 2. The van der Waals surface area contributed by atoms with Gasteiger partial charge in [0.2, 0.25) is 18.6 Å². The first-order chi connectivity index (χ1) is 12.2.